The minimum Gasteiger partial charge on any atom is -0.449 e. The number of urea groups is 1. The lowest BCUT2D eigenvalue weighted by atomic mass is 10.1. The van der Waals surface area contributed by atoms with E-state index >= 15 is 0 Å². The van der Waals surface area contributed by atoms with E-state index in [-0.39, 0.29) is 11.6 Å². The predicted molar refractivity (Wildman–Crippen MR) is 62.8 cm³/mol. The lowest BCUT2D eigenvalue weighted by Gasteiger charge is -2.13. The van der Waals surface area contributed by atoms with E-state index in [1.54, 1.807) is 6.07 Å². The van der Waals surface area contributed by atoms with Crippen molar-refractivity contribution in [2.45, 2.75) is 6.18 Å². The van der Waals surface area contributed by atoms with Gasteiger partial charge in [-0.3, -0.25) is 5.32 Å². The SMILES string of the molecule is O=C(Nc1ccco1)Nc1ccccc1C(F)(F)F. The van der Waals surface area contributed by atoms with Crippen LogP contribution in [0.5, 0.6) is 0 Å². The van der Waals surface area contributed by atoms with E-state index in [1.165, 1.54) is 30.5 Å². The van der Waals surface area contributed by atoms with Crippen molar-refractivity contribution in [3.8, 4) is 0 Å². The first kappa shape index (κ1) is 13.0. The number of hydrogen-bond donors (Lipinski definition) is 2. The molecule has 0 aliphatic heterocycles. The van der Waals surface area contributed by atoms with E-state index < -0.39 is 17.8 Å². The second-order valence-electron chi connectivity index (χ2n) is 3.60. The third kappa shape index (κ3) is 3.27. The summed E-state index contributed by atoms with van der Waals surface area (Å²) >= 11 is 0. The summed E-state index contributed by atoms with van der Waals surface area (Å²) in [6.07, 6.45) is -3.20. The molecule has 4 nitrogen and oxygen atoms in total. The van der Waals surface area contributed by atoms with Crippen LogP contribution in [0.4, 0.5) is 29.5 Å². The second kappa shape index (κ2) is 5.05. The monoisotopic (exact) mass is 270 g/mol. The number of carbonyl (C=O) groups is 1. The van der Waals surface area contributed by atoms with Crippen molar-refractivity contribution in [1.82, 2.24) is 0 Å². The maximum Gasteiger partial charge on any atom is 0.418 e. The van der Waals surface area contributed by atoms with Crippen molar-refractivity contribution in [1.29, 1.82) is 0 Å². The van der Waals surface area contributed by atoms with Gasteiger partial charge in [0.1, 0.15) is 0 Å². The highest BCUT2D eigenvalue weighted by molar-refractivity contribution is 5.99. The fourth-order valence-electron chi connectivity index (χ4n) is 1.45. The summed E-state index contributed by atoms with van der Waals surface area (Å²) in [4.78, 5) is 11.5. The number of benzene rings is 1. The minimum absolute atomic E-state index is 0.141. The van der Waals surface area contributed by atoms with Gasteiger partial charge in [-0.25, -0.2) is 4.79 Å². The van der Waals surface area contributed by atoms with Crippen LogP contribution in [-0.4, -0.2) is 6.03 Å². The van der Waals surface area contributed by atoms with Crippen LogP contribution < -0.4 is 10.6 Å². The Morgan fingerprint density at radius 3 is 2.42 bits per heavy atom. The zero-order valence-electron chi connectivity index (χ0n) is 9.49. The Kier molecular flexibility index (Phi) is 3.46. The average molecular weight is 270 g/mol. The Labute approximate surface area is 106 Å². The number of para-hydroxylation sites is 1. The number of rotatable bonds is 2. The smallest absolute Gasteiger partial charge is 0.418 e. The van der Waals surface area contributed by atoms with E-state index in [0.29, 0.717) is 0 Å². The van der Waals surface area contributed by atoms with Crippen LogP contribution in [-0.2, 0) is 6.18 Å². The number of halogens is 3. The van der Waals surface area contributed by atoms with E-state index in [1.807, 2.05) is 0 Å². The number of carbonyl (C=O) groups excluding carboxylic acids is 1. The summed E-state index contributed by atoms with van der Waals surface area (Å²) in [5.41, 5.74) is -1.23. The summed E-state index contributed by atoms with van der Waals surface area (Å²) in [5, 5.41) is 4.39. The van der Waals surface area contributed by atoms with Crippen LogP contribution in [0.2, 0.25) is 0 Å². The highest BCUT2D eigenvalue weighted by Crippen LogP contribution is 2.34. The third-order valence-electron chi connectivity index (χ3n) is 2.24. The Balaban J connectivity index is 2.13. The second-order valence-corrected chi connectivity index (χ2v) is 3.60. The van der Waals surface area contributed by atoms with Gasteiger partial charge in [-0.05, 0) is 18.2 Å². The van der Waals surface area contributed by atoms with Crippen LogP contribution in [0, 0.1) is 0 Å². The zero-order valence-corrected chi connectivity index (χ0v) is 9.49. The fourth-order valence-corrected chi connectivity index (χ4v) is 1.45. The molecule has 1 aromatic heterocycles. The molecule has 2 N–H and O–H groups in total. The molecule has 7 heteroatoms. The van der Waals surface area contributed by atoms with Crippen LogP contribution >= 0.6 is 0 Å². The number of furan rings is 1. The number of alkyl halides is 3. The molecule has 1 heterocycles. The molecule has 19 heavy (non-hydrogen) atoms. The lowest BCUT2D eigenvalue weighted by molar-refractivity contribution is -0.136. The number of anilines is 2. The van der Waals surface area contributed by atoms with E-state index in [9.17, 15) is 18.0 Å². The normalized spacial score (nSPS) is 11.1. The minimum atomic E-state index is -4.53. The van der Waals surface area contributed by atoms with Crippen molar-refractivity contribution >= 4 is 17.6 Å². The maximum absolute atomic E-state index is 12.7. The van der Waals surface area contributed by atoms with Gasteiger partial charge in [-0.1, -0.05) is 12.1 Å². The molecule has 0 atom stereocenters. The van der Waals surface area contributed by atoms with Crippen molar-refractivity contribution < 1.29 is 22.4 Å². The predicted octanol–water partition coefficient (Wildman–Crippen LogP) is 3.94. The average Bonchev–Trinajstić information content (AvgIpc) is 2.81. The molecule has 0 radical (unpaired) electrons. The molecule has 0 aliphatic rings. The Bertz CT molecular complexity index is 565. The van der Waals surface area contributed by atoms with Crippen molar-refractivity contribution in [3.05, 3.63) is 48.2 Å². The molecule has 0 spiro atoms. The van der Waals surface area contributed by atoms with E-state index in [0.717, 1.165) is 6.07 Å². The molecule has 0 aliphatic carbocycles. The molecule has 1 aromatic carbocycles. The first-order chi connectivity index (χ1) is 8.97. The molecule has 0 fully saturated rings. The molecular formula is C12H9F3N2O2. The molecule has 100 valence electrons. The molecule has 2 rings (SSSR count). The summed E-state index contributed by atoms with van der Waals surface area (Å²) in [7, 11) is 0. The molecule has 0 bridgehead atoms. The summed E-state index contributed by atoms with van der Waals surface area (Å²) in [6, 6.07) is 6.91. The van der Waals surface area contributed by atoms with Crippen LogP contribution in [0.25, 0.3) is 0 Å². The molecule has 0 unspecified atom stereocenters. The van der Waals surface area contributed by atoms with E-state index in [2.05, 4.69) is 10.6 Å². The fraction of sp³-hybridized carbons (Fsp3) is 0.0833. The van der Waals surface area contributed by atoms with Gasteiger partial charge in [0.2, 0.25) is 5.88 Å². The lowest BCUT2D eigenvalue weighted by Crippen LogP contribution is -2.21. The summed E-state index contributed by atoms with van der Waals surface area (Å²) < 4.78 is 42.9. The number of amides is 2. The van der Waals surface area contributed by atoms with Crippen molar-refractivity contribution in [3.63, 3.8) is 0 Å². The van der Waals surface area contributed by atoms with Crippen molar-refractivity contribution in [2.24, 2.45) is 0 Å². The molecule has 0 saturated heterocycles. The molecule has 0 saturated carbocycles. The first-order valence-electron chi connectivity index (χ1n) is 5.24. The van der Waals surface area contributed by atoms with Crippen molar-refractivity contribution in [2.75, 3.05) is 10.6 Å². The Hall–Kier alpha value is -2.44. The van der Waals surface area contributed by atoms with Crippen LogP contribution in [0.1, 0.15) is 5.56 Å². The molecule has 2 amide bonds. The van der Waals surface area contributed by atoms with Gasteiger partial charge in [-0.2, -0.15) is 13.2 Å². The van der Waals surface area contributed by atoms with Gasteiger partial charge in [0.15, 0.2) is 0 Å². The maximum atomic E-state index is 12.7. The largest absolute Gasteiger partial charge is 0.449 e. The van der Waals surface area contributed by atoms with Crippen LogP contribution in [0.15, 0.2) is 47.1 Å². The number of hydrogen-bond acceptors (Lipinski definition) is 2. The Morgan fingerprint density at radius 1 is 1.05 bits per heavy atom. The number of nitrogens with one attached hydrogen (secondary N) is 2. The molecular weight excluding hydrogens is 261 g/mol. The van der Waals surface area contributed by atoms with E-state index in [4.69, 9.17) is 4.42 Å². The van der Waals surface area contributed by atoms with Gasteiger partial charge in [0.05, 0.1) is 17.5 Å². The third-order valence-corrected chi connectivity index (χ3v) is 2.24. The Morgan fingerprint density at radius 2 is 1.79 bits per heavy atom. The van der Waals surface area contributed by atoms with Gasteiger partial charge in [0, 0.05) is 6.07 Å². The molecule has 2 aromatic rings. The summed E-state index contributed by atoms with van der Waals surface area (Å²) in [5.74, 6) is 0.141. The highest BCUT2D eigenvalue weighted by atomic mass is 19.4. The first-order valence-corrected chi connectivity index (χ1v) is 5.24. The van der Waals surface area contributed by atoms with Crippen LogP contribution in [0.3, 0.4) is 0 Å². The van der Waals surface area contributed by atoms with Gasteiger partial charge in [0.25, 0.3) is 0 Å². The van der Waals surface area contributed by atoms with Gasteiger partial charge < -0.3 is 9.73 Å². The van der Waals surface area contributed by atoms with Gasteiger partial charge >= 0.3 is 12.2 Å². The zero-order chi connectivity index (χ0) is 13.9. The quantitative estimate of drug-likeness (QED) is 0.868. The topological polar surface area (TPSA) is 54.3 Å². The standard InChI is InChI=1S/C12H9F3N2O2/c13-12(14,15)8-4-1-2-5-9(8)16-11(18)17-10-6-3-7-19-10/h1-7H,(H2,16,17,18). The summed E-state index contributed by atoms with van der Waals surface area (Å²) in [6.45, 7) is 0. The highest BCUT2D eigenvalue weighted by Gasteiger charge is 2.33. The van der Waals surface area contributed by atoms with Gasteiger partial charge in [-0.15, -0.1) is 0 Å².